The van der Waals surface area contributed by atoms with E-state index in [1.165, 1.54) is 0 Å². The summed E-state index contributed by atoms with van der Waals surface area (Å²) < 4.78 is 15.2. The molecule has 1 rings (SSSR count). The van der Waals surface area contributed by atoms with Gasteiger partial charge in [-0.2, -0.15) is 0 Å². The molecule has 1 aliphatic heterocycles. The molecule has 1 heterocycles. The molecule has 1 aliphatic rings. The number of epoxide rings is 1. The molecule has 1 fully saturated rings. The zero-order valence-electron chi connectivity index (χ0n) is 13.3. The molecule has 122 valence electrons. The van der Waals surface area contributed by atoms with Crippen molar-refractivity contribution in [2.45, 2.75) is 77.4 Å². The molecule has 5 nitrogen and oxygen atoms in total. The number of rotatable bonds is 12. The van der Waals surface area contributed by atoms with Gasteiger partial charge in [0.15, 0.2) is 12.2 Å². The van der Waals surface area contributed by atoms with Crippen molar-refractivity contribution in [3.05, 3.63) is 0 Å². The van der Waals surface area contributed by atoms with Gasteiger partial charge in [-0.15, -0.1) is 0 Å². The van der Waals surface area contributed by atoms with Crippen molar-refractivity contribution in [3.63, 3.8) is 0 Å². The molecule has 1 saturated heterocycles. The van der Waals surface area contributed by atoms with Crippen LogP contribution in [0.5, 0.6) is 0 Å². The van der Waals surface area contributed by atoms with Gasteiger partial charge in [0.05, 0.1) is 13.2 Å². The summed E-state index contributed by atoms with van der Waals surface area (Å²) in [6.07, 6.45) is 6.90. The Balaban J connectivity index is 2.03. The molecule has 0 N–H and O–H groups in total. The van der Waals surface area contributed by atoms with Gasteiger partial charge in [0.1, 0.15) is 0 Å². The first-order valence-corrected chi connectivity index (χ1v) is 8.19. The molecule has 0 saturated carbocycles. The Morgan fingerprint density at radius 3 is 1.57 bits per heavy atom. The summed E-state index contributed by atoms with van der Waals surface area (Å²) in [4.78, 5) is 23.2. The van der Waals surface area contributed by atoms with E-state index in [2.05, 4.69) is 13.8 Å². The molecule has 21 heavy (non-hydrogen) atoms. The lowest BCUT2D eigenvalue weighted by Gasteiger charge is -2.03. The lowest BCUT2D eigenvalue weighted by Crippen LogP contribution is -2.21. The minimum Gasteiger partial charge on any atom is -0.464 e. The summed E-state index contributed by atoms with van der Waals surface area (Å²) >= 11 is 0. The van der Waals surface area contributed by atoms with Crippen LogP contribution in [0.25, 0.3) is 0 Å². The van der Waals surface area contributed by atoms with E-state index in [1.54, 1.807) is 0 Å². The first-order chi connectivity index (χ1) is 10.2. The third-order valence-electron chi connectivity index (χ3n) is 3.44. The van der Waals surface area contributed by atoms with E-state index >= 15 is 0 Å². The monoisotopic (exact) mass is 300 g/mol. The van der Waals surface area contributed by atoms with Gasteiger partial charge in [-0.3, -0.25) is 0 Å². The molecule has 2 unspecified atom stereocenters. The number of hydrogen-bond donors (Lipinski definition) is 0. The van der Waals surface area contributed by atoms with Crippen molar-refractivity contribution in [2.24, 2.45) is 0 Å². The SMILES string of the molecule is CCCCCCOC(=O)C1OC1C(=O)OCCCCCC. The van der Waals surface area contributed by atoms with Gasteiger partial charge in [-0.05, 0) is 12.8 Å². The number of hydrogen-bond acceptors (Lipinski definition) is 5. The van der Waals surface area contributed by atoms with Gasteiger partial charge in [-0.1, -0.05) is 52.4 Å². The minimum absolute atomic E-state index is 0.400. The molecular formula is C16H28O5. The maximum atomic E-state index is 11.6. The largest absolute Gasteiger partial charge is 0.464 e. The average molecular weight is 300 g/mol. The molecule has 0 amide bonds. The van der Waals surface area contributed by atoms with E-state index in [0.717, 1.165) is 51.4 Å². The quantitative estimate of drug-likeness (QED) is 0.315. The number of esters is 2. The fourth-order valence-electron chi connectivity index (χ4n) is 2.04. The third-order valence-corrected chi connectivity index (χ3v) is 3.44. The maximum Gasteiger partial charge on any atom is 0.338 e. The Morgan fingerprint density at radius 2 is 1.19 bits per heavy atom. The van der Waals surface area contributed by atoms with Crippen LogP contribution in [0.2, 0.25) is 0 Å². The van der Waals surface area contributed by atoms with E-state index in [4.69, 9.17) is 14.2 Å². The van der Waals surface area contributed by atoms with Crippen LogP contribution in [0.1, 0.15) is 65.2 Å². The number of ether oxygens (including phenoxy) is 3. The molecule has 0 aliphatic carbocycles. The van der Waals surface area contributed by atoms with Crippen LogP contribution in [-0.4, -0.2) is 37.4 Å². The average Bonchev–Trinajstić information content (AvgIpc) is 3.27. The highest BCUT2D eigenvalue weighted by atomic mass is 16.7. The number of carbonyl (C=O) groups is 2. The van der Waals surface area contributed by atoms with Crippen LogP contribution in [0.3, 0.4) is 0 Å². The highest BCUT2D eigenvalue weighted by Crippen LogP contribution is 2.25. The van der Waals surface area contributed by atoms with Crippen LogP contribution >= 0.6 is 0 Å². The van der Waals surface area contributed by atoms with Crippen LogP contribution in [0.4, 0.5) is 0 Å². The second kappa shape index (κ2) is 10.6. The molecule has 0 radical (unpaired) electrons. The zero-order chi connectivity index (χ0) is 15.5. The van der Waals surface area contributed by atoms with Gasteiger partial charge < -0.3 is 14.2 Å². The van der Waals surface area contributed by atoms with Crippen LogP contribution in [0, 0.1) is 0 Å². The van der Waals surface area contributed by atoms with E-state index in [-0.39, 0.29) is 0 Å². The third kappa shape index (κ3) is 7.46. The topological polar surface area (TPSA) is 65.1 Å². The molecule has 0 aromatic heterocycles. The summed E-state index contributed by atoms with van der Waals surface area (Å²) in [5.41, 5.74) is 0. The number of carbonyl (C=O) groups excluding carboxylic acids is 2. The molecule has 0 aromatic rings. The highest BCUT2D eigenvalue weighted by molar-refractivity contribution is 5.89. The molecule has 0 spiro atoms. The van der Waals surface area contributed by atoms with Crippen molar-refractivity contribution in [1.29, 1.82) is 0 Å². The van der Waals surface area contributed by atoms with Crippen molar-refractivity contribution < 1.29 is 23.8 Å². The number of unbranched alkanes of at least 4 members (excludes halogenated alkanes) is 6. The minimum atomic E-state index is -0.751. The van der Waals surface area contributed by atoms with Gasteiger partial charge in [-0.25, -0.2) is 9.59 Å². The summed E-state index contributed by atoms with van der Waals surface area (Å²) in [5.74, 6) is -0.890. The Bertz CT molecular complexity index is 286. The first kappa shape index (κ1) is 18.0. The molecular weight excluding hydrogens is 272 g/mol. The second-order valence-electron chi connectivity index (χ2n) is 5.43. The zero-order valence-corrected chi connectivity index (χ0v) is 13.3. The predicted octanol–water partition coefficient (Wildman–Crippen LogP) is 3.00. The van der Waals surface area contributed by atoms with E-state index in [0.29, 0.717) is 13.2 Å². The first-order valence-electron chi connectivity index (χ1n) is 8.19. The van der Waals surface area contributed by atoms with Crippen LogP contribution in [0.15, 0.2) is 0 Å². The van der Waals surface area contributed by atoms with E-state index in [9.17, 15) is 9.59 Å². The van der Waals surface area contributed by atoms with E-state index < -0.39 is 24.1 Å². The standard InChI is InChI=1S/C16H28O5/c1-3-5-7-9-11-19-15(17)13-14(21-13)16(18)20-12-10-8-6-4-2/h13-14H,3-12H2,1-2H3. The Morgan fingerprint density at radius 1 is 0.762 bits per heavy atom. The smallest absolute Gasteiger partial charge is 0.338 e. The van der Waals surface area contributed by atoms with Gasteiger partial charge in [0.2, 0.25) is 0 Å². The molecule has 0 bridgehead atoms. The summed E-state index contributed by atoms with van der Waals surface area (Å²) in [6.45, 7) is 5.06. The van der Waals surface area contributed by atoms with Crippen LogP contribution < -0.4 is 0 Å². The lowest BCUT2D eigenvalue weighted by atomic mass is 10.2. The van der Waals surface area contributed by atoms with Gasteiger partial charge in [0, 0.05) is 0 Å². The maximum absolute atomic E-state index is 11.6. The highest BCUT2D eigenvalue weighted by Gasteiger charge is 2.52. The lowest BCUT2D eigenvalue weighted by molar-refractivity contribution is -0.147. The van der Waals surface area contributed by atoms with Crippen molar-refractivity contribution in [2.75, 3.05) is 13.2 Å². The molecule has 2 atom stereocenters. The molecule has 5 heteroatoms. The fourth-order valence-corrected chi connectivity index (χ4v) is 2.04. The Hall–Kier alpha value is -1.10. The van der Waals surface area contributed by atoms with Crippen molar-refractivity contribution in [3.8, 4) is 0 Å². The molecule has 0 aromatic carbocycles. The van der Waals surface area contributed by atoms with Crippen molar-refractivity contribution >= 4 is 11.9 Å². The van der Waals surface area contributed by atoms with Gasteiger partial charge >= 0.3 is 11.9 Å². The fraction of sp³-hybridized carbons (Fsp3) is 0.875. The predicted molar refractivity (Wildman–Crippen MR) is 78.9 cm³/mol. The van der Waals surface area contributed by atoms with Gasteiger partial charge in [0.25, 0.3) is 0 Å². The van der Waals surface area contributed by atoms with Crippen molar-refractivity contribution in [1.82, 2.24) is 0 Å². The summed E-state index contributed by atoms with van der Waals surface area (Å²) in [7, 11) is 0. The summed E-state index contributed by atoms with van der Waals surface area (Å²) in [6, 6.07) is 0. The van der Waals surface area contributed by atoms with E-state index in [1.807, 2.05) is 0 Å². The Labute approximate surface area is 127 Å². The summed E-state index contributed by atoms with van der Waals surface area (Å²) in [5, 5.41) is 0. The second-order valence-corrected chi connectivity index (χ2v) is 5.43. The normalized spacial score (nSPS) is 20.1. The van der Waals surface area contributed by atoms with Crippen LogP contribution in [-0.2, 0) is 23.8 Å². The Kier molecular flexibility index (Phi) is 9.06.